The Morgan fingerprint density at radius 1 is 1.26 bits per heavy atom. The van der Waals surface area contributed by atoms with Crippen LogP contribution in [0.2, 0.25) is 0 Å². The molecule has 5 nitrogen and oxygen atoms in total. The quantitative estimate of drug-likeness (QED) is 0.870. The van der Waals surface area contributed by atoms with E-state index < -0.39 is 0 Å². The molecule has 1 aromatic carbocycles. The van der Waals surface area contributed by atoms with E-state index in [2.05, 4.69) is 18.9 Å². The molecule has 1 aliphatic rings. The van der Waals surface area contributed by atoms with E-state index >= 15 is 0 Å². The standard InChI is InChI=1S/C18H22N2O3/c1-14-12-19(2)9-10-20(14)18(21)17-15(8-11-22-17)13-23-16-6-4-3-5-7-16/h3-8,11,14H,9-10,12-13H2,1-2H3/t14-/m0/s1. The Balaban J connectivity index is 1.69. The Hall–Kier alpha value is -2.27. The van der Waals surface area contributed by atoms with Crippen molar-refractivity contribution in [3.63, 3.8) is 0 Å². The monoisotopic (exact) mass is 314 g/mol. The maximum atomic E-state index is 12.8. The normalized spacial score (nSPS) is 18.9. The maximum Gasteiger partial charge on any atom is 0.290 e. The molecule has 2 heterocycles. The summed E-state index contributed by atoms with van der Waals surface area (Å²) in [6.07, 6.45) is 1.55. The number of likely N-dealkylation sites (N-methyl/N-ethyl adjacent to an activating group) is 1. The van der Waals surface area contributed by atoms with Crippen molar-refractivity contribution in [2.24, 2.45) is 0 Å². The van der Waals surface area contributed by atoms with Crippen molar-refractivity contribution >= 4 is 5.91 Å². The number of carbonyl (C=O) groups excluding carboxylic acids is 1. The van der Waals surface area contributed by atoms with Gasteiger partial charge in [0.05, 0.1) is 6.26 Å². The predicted octanol–water partition coefficient (Wildman–Crippen LogP) is 2.63. The van der Waals surface area contributed by atoms with Gasteiger partial charge in [0.25, 0.3) is 5.91 Å². The summed E-state index contributed by atoms with van der Waals surface area (Å²) in [5.74, 6) is 1.11. The topological polar surface area (TPSA) is 45.9 Å². The molecule has 0 N–H and O–H groups in total. The Kier molecular flexibility index (Phi) is 4.67. The number of amides is 1. The van der Waals surface area contributed by atoms with Crippen LogP contribution in [0.4, 0.5) is 0 Å². The van der Waals surface area contributed by atoms with Crippen molar-refractivity contribution in [3.05, 3.63) is 54.0 Å². The van der Waals surface area contributed by atoms with Crippen LogP contribution in [0.3, 0.4) is 0 Å². The minimum Gasteiger partial charge on any atom is -0.489 e. The molecule has 0 spiro atoms. The molecule has 0 bridgehead atoms. The zero-order valence-electron chi connectivity index (χ0n) is 13.6. The van der Waals surface area contributed by atoms with Gasteiger partial charge < -0.3 is 19.0 Å². The number of piperazine rings is 1. The van der Waals surface area contributed by atoms with E-state index in [9.17, 15) is 4.79 Å². The molecule has 1 atom stereocenters. The molecule has 0 radical (unpaired) electrons. The van der Waals surface area contributed by atoms with Gasteiger partial charge in [0.2, 0.25) is 0 Å². The van der Waals surface area contributed by atoms with E-state index in [1.807, 2.05) is 35.2 Å². The molecule has 0 saturated carbocycles. The van der Waals surface area contributed by atoms with Crippen LogP contribution in [0.15, 0.2) is 47.1 Å². The lowest BCUT2D eigenvalue weighted by Crippen LogP contribution is -2.52. The van der Waals surface area contributed by atoms with Crippen molar-refractivity contribution in [2.75, 3.05) is 26.7 Å². The molecule has 3 rings (SSSR count). The van der Waals surface area contributed by atoms with Crippen LogP contribution in [-0.2, 0) is 6.61 Å². The summed E-state index contributed by atoms with van der Waals surface area (Å²) in [6.45, 7) is 4.87. The first-order chi connectivity index (χ1) is 11.1. The third-order valence-electron chi connectivity index (χ3n) is 4.17. The van der Waals surface area contributed by atoms with E-state index in [4.69, 9.17) is 9.15 Å². The number of nitrogens with zero attached hydrogens (tertiary/aromatic N) is 2. The zero-order valence-corrected chi connectivity index (χ0v) is 13.6. The molecule has 1 aliphatic heterocycles. The number of para-hydroxylation sites is 1. The largest absolute Gasteiger partial charge is 0.489 e. The van der Waals surface area contributed by atoms with E-state index in [1.54, 1.807) is 12.3 Å². The van der Waals surface area contributed by atoms with Gasteiger partial charge in [-0.15, -0.1) is 0 Å². The number of rotatable bonds is 4. The molecule has 0 aliphatic carbocycles. The highest BCUT2D eigenvalue weighted by Crippen LogP contribution is 2.19. The third-order valence-corrected chi connectivity index (χ3v) is 4.17. The summed E-state index contributed by atoms with van der Waals surface area (Å²) in [4.78, 5) is 16.9. The second-order valence-corrected chi connectivity index (χ2v) is 5.99. The molecule has 1 saturated heterocycles. The molecule has 1 fully saturated rings. The number of furan rings is 1. The smallest absolute Gasteiger partial charge is 0.290 e. The summed E-state index contributed by atoms with van der Waals surface area (Å²) in [5.41, 5.74) is 0.782. The van der Waals surface area contributed by atoms with Gasteiger partial charge >= 0.3 is 0 Å². The minimum absolute atomic E-state index is 0.0535. The van der Waals surface area contributed by atoms with Gasteiger partial charge in [-0.1, -0.05) is 18.2 Å². The van der Waals surface area contributed by atoms with Crippen molar-refractivity contribution in [2.45, 2.75) is 19.6 Å². The predicted molar refractivity (Wildman–Crippen MR) is 87.5 cm³/mol. The average Bonchev–Trinajstić information content (AvgIpc) is 3.02. The molecule has 0 unspecified atom stereocenters. The first kappa shape index (κ1) is 15.6. The highest BCUT2D eigenvalue weighted by atomic mass is 16.5. The zero-order chi connectivity index (χ0) is 16.2. The second kappa shape index (κ2) is 6.87. The van der Waals surface area contributed by atoms with Crippen LogP contribution in [-0.4, -0.2) is 48.4 Å². The SMILES string of the molecule is C[C@H]1CN(C)CCN1C(=O)c1occc1COc1ccccc1. The molecular formula is C18H22N2O3. The maximum absolute atomic E-state index is 12.8. The van der Waals surface area contributed by atoms with E-state index in [-0.39, 0.29) is 11.9 Å². The molecule has 1 aromatic heterocycles. The summed E-state index contributed by atoms with van der Waals surface area (Å²) in [5, 5.41) is 0. The fourth-order valence-corrected chi connectivity index (χ4v) is 2.89. The van der Waals surface area contributed by atoms with Gasteiger partial charge in [-0.3, -0.25) is 4.79 Å². The number of ether oxygens (including phenoxy) is 1. The Bertz CT molecular complexity index is 653. The Morgan fingerprint density at radius 2 is 2.04 bits per heavy atom. The van der Waals surface area contributed by atoms with Crippen LogP contribution in [0, 0.1) is 0 Å². The lowest BCUT2D eigenvalue weighted by molar-refractivity contribution is 0.0499. The lowest BCUT2D eigenvalue weighted by atomic mass is 10.1. The Labute approximate surface area is 136 Å². The van der Waals surface area contributed by atoms with Crippen LogP contribution in [0.25, 0.3) is 0 Å². The van der Waals surface area contributed by atoms with Crippen LogP contribution >= 0.6 is 0 Å². The fraction of sp³-hybridized carbons (Fsp3) is 0.389. The van der Waals surface area contributed by atoms with Crippen LogP contribution in [0.5, 0.6) is 5.75 Å². The highest BCUT2D eigenvalue weighted by molar-refractivity contribution is 5.93. The first-order valence-electron chi connectivity index (χ1n) is 7.89. The van der Waals surface area contributed by atoms with Gasteiger partial charge in [-0.25, -0.2) is 0 Å². The fourth-order valence-electron chi connectivity index (χ4n) is 2.89. The van der Waals surface area contributed by atoms with Crippen LogP contribution in [0.1, 0.15) is 23.0 Å². The molecular weight excluding hydrogens is 292 g/mol. The third kappa shape index (κ3) is 3.56. The van der Waals surface area contributed by atoms with Crippen LogP contribution < -0.4 is 4.74 Å². The van der Waals surface area contributed by atoms with Gasteiger partial charge in [-0.05, 0) is 32.2 Å². The molecule has 2 aromatic rings. The van der Waals surface area contributed by atoms with Gasteiger partial charge in [0, 0.05) is 31.2 Å². The van der Waals surface area contributed by atoms with E-state index in [0.717, 1.165) is 30.9 Å². The van der Waals surface area contributed by atoms with Crippen molar-refractivity contribution in [1.82, 2.24) is 9.80 Å². The molecule has 1 amide bonds. The Morgan fingerprint density at radius 3 is 2.78 bits per heavy atom. The summed E-state index contributed by atoms with van der Waals surface area (Å²) in [6, 6.07) is 11.5. The molecule has 23 heavy (non-hydrogen) atoms. The average molecular weight is 314 g/mol. The van der Waals surface area contributed by atoms with Gasteiger partial charge in [0.15, 0.2) is 5.76 Å². The summed E-state index contributed by atoms with van der Waals surface area (Å²) < 4.78 is 11.2. The number of carbonyl (C=O) groups is 1. The molecule has 5 heteroatoms. The second-order valence-electron chi connectivity index (χ2n) is 5.99. The van der Waals surface area contributed by atoms with Gasteiger partial charge in [0.1, 0.15) is 12.4 Å². The first-order valence-corrected chi connectivity index (χ1v) is 7.89. The van der Waals surface area contributed by atoms with E-state index in [0.29, 0.717) is 12.4 Å². The number of benzene rings is 1. The summed E-state index contributed by atoms with van der Waals surface area (Å²) in [7, 11) is 2.07. The van der Waals surface area contributed by atoms with Crippen molar-refractivity contribution < 1.29 is 13.9 Å². The number of hydrogen-bond acceptors (Lipinski definition) is 4. The summed E-state index contributed by atoms with van der Waals surface area (Å²) >= 11 is 0. The van der Waals surface area contributed by atoms with Crippen molar-refractivity contribution in [3.8, 4) is 5.75 Å². The molecule has 122 valence electrons. The number of hydrogen-bond donors (Lipinski definition) is 0. The highest BCUT2D eigenvalue weighted by Gasteiger charge is 2.29. The van der Waals surface area contributed by atoms with Crippen molar-refractivity contribution in [1.29, 1.82) is 0 Å². The minimum atomic E-state index is -0.0535. The lowest BCUT2D eigenvalue weighted by Gasteiger charge is -2.37. The van der Waals surface area contributed by atoms with E-state index in [1.165, 1.54) is 0 Å². The van der Waals surface area contributed by atoms with Gasteiger partial charge in [-0.2, -0.15) is 0 Å².